The van der Waals surface area contributed by atoms with E-state index in [4.69, 9.17) is 4.42 Å². The number of rotatable bonds is 5. The van der Waals surface area contributed by atoms with Crippen molar-refractivity contribution in [3.63, 3.8) is 0 Å². The summed E-state index contributed by atoms with van der Waals surface area (Å²) in [6.07, 6.45) is 3.58. The molecule has 30 heavy (non-hydrogen) atoms. The van der Waals surface area contributed by atoms with Crippen LogP contribution in [0.3, 0.4) is 0 Å². The molecule has 0 N–H and O–H groups in total. The lowest BCUT2D eigenvalue weighted by Gasteiger charge is -2.09. The van der Waals surface area contributed by atoms with Crippen molar-refractivity contribution in [2.75, 3.05) is 0 Å². The average Bonchev–Trinajstić information content (AvgIpc) is 3.02. The Kier molecular flexibility index (Phi) is 4.99. The molecule has 0 saturated heterocycles. The Morgan fingerprint density at radius 1 is 1.10 bits per heavy atom. The van der Waals surface area contributed by atoms with Crippen molar-refractivity contribution in [2.45, 2.75) is 19.8 Å². The Bertz CT molecular complexity index is 1300. The first-order chi connectivity index (χ1) is 14.4. The van der Waals surface area contributed by atoms with Crippen LogP contribution in [0.25, 0.3) is 22.4 Å². The number of aromatic nitrogens is 3. The number of aryl methyl sites for hydroxylation is 2. The molecule has 0 atom stereocenters. The molecule has 0 bridgehead atoms. The van der Waals surface area contributed by atoms with Crippen LogP contribution in [0.2, 0.25) is 0 Å². The quantitative estimate of drug-likeness (QED) is 0.468. The minimum atomic E-state index is -0.895. The van der Waals surface area contributed by atoms with Crippen molar-refractivity contribution >= 4 is 17.0 Å². The molecule has 0 aliphatic rings. The van der Waals surface area contributed by atoms with Crippen molar-refractivity contribution in [3.8, 4) is 11.1 Å². The Morgan fingerprint density at radius 3 is 2.47 bits per heavy atom. The van der Waals surface area contributed by atoms with E-state index in [0.717, 1.165) is 28.8 Å². The maximum atomic E-state index is 13.8. The highest BCUT2D eigenvalue weighted by atomic mass is 19.1. The van der Waals surface area contributed by atoms with Gasteiger partial charge in [-0.1, -0.05) is 19.1 Å². The van der Waals surface area contributed by atoms with Crippen LogP contribution in [-0.4, -0.2) is 20.3 Å². The molecule has 4 aromatic rings. The second kappa shape index (κ2) is 7.62. The van der Waals surface area contributed by atoms with Gasteiger partial charge in [0.05, 0.1) is 12.0 Å². The molecule has 4 rings (SSSR count). The zero-order valence-electron chi connectivity index (χ0n) is 16.3. The molecule has 1 aromatic carbocycles. The number of nitrogens with zero attached hydrogens (tertiary/aromatic N) is 3. The first-order valence-electron chi connectivity index (χ1n) is 9.30. The van der Waals surface area contributed by atoms with Crippen LogP contribution in [0.4, 0.5) is 8.78 Å². The number of hydrogen-bond donors (Lipinski definition) is 0. The highest BCUT2D eigenvalue weighted by Gasteiger charge is 2.19. The molecule has 3 heterocycles. The van der Waals surface area contributed by atoms with Gasteiger partial charge in [0, 0.05) is 41.8 Å². The maximum absolute atomic E-state index is 13.8. The summed E-state index contributed by atoms with van der Waals surface area (Å²) >= 11 is 0. The first-order valence-corrected chi connectivity index (χ1v) is 9.30. The molecule has 0 fully saturated rings. The van der Waals surface area contributed by atoms with Crippen LogP contribution in [0.15, 0.2) is 51.9 Å². The third-order valence-corrected chi connectivity index (χ3v) is 4.97. The van der Waals surface area contributed by atoms with E-state index >= 15 is 0 Å². The van der Waals surface area contributed by atoms with Gasteiger partial charge in [0.25, 0.3) is 0 Å². The normalized spacial score (nSPS) is 11.2. The van der Waals surface area contributed by atoms with Crippen LogP contribution in [0, 0.1) is 11.6 Å². The van der Waals surface area contributed by atoms with E-state index in [2.05, 4.69) is 9.97 Å². The van der Waals surface area contributed by atoms with Crippen LogP contribution < -0.4 is 5.76 Å². The fourth-order valence-corrected chi connectivity index (χ4v) is 3.41. The number of halogens is 2. The van der Waals surface area contributed by atoms with E-state index in [-0.39, 0.29) is 6.42 Å². The Balaban J connectivity index is 1.66. The Labute approximate surface area is 169 Å². The number of ketones is 1. The van der Waals surface area contributed by atoms with Gasteiger partial charge in [-0.3, -0.25) is 14.3 Å². The fourth-order valence-electron chi connectivity index (χ4n) is 3.41. The molecule has 0 saturated carbocycles. The molecular formula is C22H17F2N3O3. The van der Waals surface area contributed by atoms with Gasteiger partial charge >= 0.3 is 5.76 Å². The van der Waals surface area contributed by atoms with Gasteiger partial charge in [0.1, 0.15) is 11.6 Å². The number of fused-ring (bicyclic) bond motifs is 1. The summed E-state index contributed by atoms with van der Waals surface area (Å²) in [6, 6.07) is 6.67. The second-order valence-electron chi connectivity index (χ2n) is 6.82. The topological polar surface area (TPSA) is 78.0 Å². The Hall–Kier alpha value is -3.68. The molecule has 152 valence electrons. The predicted molar refractivity (Wildman–Crippen MR) is 106 cm³/mol. The summed E-state index contributed by atoms with van der Waals surface area (Å²) in [7, 11) is 1.59. The molecule has 8 heteroatoms. The lowest BCUT2D eigenvalue weighted by atomic mass is 10.00. The van der Waals surface area contributed by atoms with Gasteiger partial charge in [0.2, 0.25) is 0 Å². The molecule has 0 unspecified atom stereocenters. The van der Waals surface area contributed by atoms with E-state index in [1.165, 1.54) is 10.6 Å². The minimum Gasteiger partial charge on any atom is -0.406 e. The van der Waals surface area contributed by atoms with E-state index < -0.39 is 28.7 Å². The van der Waals surface area contributed by atoms with Crippen LogP contribution >= 0.6 is 0 Å². The van der Waals surface area contributed by atoms with Crippen LogP contribution in [-0.2, 0) is 19.9 Å². The van der Waals surface area contributed by atoms with Crippen molar-refractivity contribution in [2.24, 2.45) is 7.05 Å². The minimum absolute atomic E-state index is 0.233. The zero-order chi connectivity index (χ0) is 21.4. The molecule has 0 aliphatic heterocycles. The van der Waals surface area contributed by atoms with Gasteiger partial charge in [0.15, 0.2) is 17.0 Å². The highest BCUT2D eigenvalue weighted by Crippen LogP contribution is 2.28. The molecule has 0 amide bonds. The first kappa shape index (κ1) is 19.6. The lowest BCUT2D eigenvalue weighted by Crippen LogP contribution is -2.10. The molecule has 0 spiro atoms. The Morgan fingerprint density at radius 2 is 1.83 bits per heavy atom. The van der Waals surface area contributed by atoms with Gasteiger partial charge < -0.3 is 4.42 Å². The number of benzene rings is 1. The smallest absolute Gasteiger partial charge is 0.406 e. The monoisotopic (exact) mass is 409 g/mol. The molecule has 6 nitrogen and oxygen atoms in total. The maximum Gasteiger partial charge on any atom is 0.420 e. The number of carbonyl (C=O) groups is 1. The number of hydrogen-bond acceptors (Lipinski definition) is 5. The summed E-state index contributed by atoms with van der Waals surface area (Å²) in [5.41, 5.74) is 3.00. The summed E-state index contributed by atoms with van der Waals surface area (Å²) in [6.45, 7) is 1.94. The standard InChI is InChI=1S/C22H17F2N3O3/c1-3-14-15(11-26-21-20(14)30-22(29)27(21)2)12-7-8-13(25-10-12)9-18(28)19-16(23)5-4-6-17(19)24/h4-8,10-11H,3,9H2,1-2H3. The zero-order valence-corrected chi connectivity index (χ0v) is 16.3. The summed E-state index contributed by atoms with van der Waals surface area (Å²) in [4.78, 5) is 32.7. The summed E-state index contributed by atoms with van der Waals surface area (Å²) in [5, 5.41) is 0. The third-order valence-electron chi connectivity index (χ3n) is 4.97. The second-order valence-corrected chi connectivity index (χ2v) is 6.82. The SMILES string of the molecule is CCc1c(-c2ccc(CC(=O)c3c(F)cccc3F)nc2)cnc2c1oc(=O)n2C. The van der Waals surface area contributed by atoms with Crippen molar-refractivity contribution in [1.29, 1.82) is 0 Å². The lowest BCUT2D eigenvalue weighted by molar-refractivity contribution is 0.0984. The fraction of sp³-hybridized carbons (Fsp3) is 0.182. The summed E-state index contributed by atoms with van der Waals surface area (Å²) in [5.74, 6) is -2.97. The third kappa shape index (κ3) is 3.30. The number of pyridine rings is 2. The van der Waals surface area contributed by atoms with Crippen molar-refractivity contribution in [1.82, 2.24) is 14.5 Å². The largest absolute Gasteiger partial charge is 0.420 e. The van der Waals surface area contributed by atoms with E-state index in [1.54, 1.807) is 31.6 Å². The van der Waals surface area contributed by atoms with Gasteiger partial charge in [-0.2, -0.15) is 0 Å². The van der Waals surface area contributed by atoms with Crippen molar-refractivity contribution < 1.29 is 18.0 Å². The molecule has 0 aliphatic carbocycles. The highest BCUT2D eigenvalue weighted by molar-refractivity contribution is 5.97. The predicted octanol–water partition coefficient (Wildman–Crippen LogP) is 3.85. The van der Waals surface area contributed by atoms with Crippen molar-refractivity contribution in [3.05, 3.63) is 81.7 Å². The number of carbonyl (C=O) groups excluding carboxylic acids is 1. The van der Waals surface area contributed by atoms with E-state index in [9.17, 15) is 18.4 Å². The van der Waals surface area contributed by atoms with Gasteiger partial charge in [-0.05, 0) is 24.6 Å². The molecule has 3 aromatic heterocycles. The molecule has 0 radical (unpaired) electrons. The van der Waals surface area contributed by atoms with Crippen LogP contribution in [0.1, 0.15) is 28.5 Å². The number of Topliss-reactive ketones (excluding diaryl/α,β-unsaturated/α-hetero) is 1. The molecular weight excluding hydrogens is 392 g/mol. The van der Waals surface area contributed by atoms with Gasteiger partial charge in [-0.25, -0.2) is 18.6 Å². The van der Waals surface area contributed by atoms with Crippen LogP contribution in [0.5, 0.6) is 0 Å². The van der Waals surface area contributed by atoms with E-state index in [0.29, 0.717) is 23.3 Å². The average molecular weight is 409 g/mol. The number of oxazole rings is 1. The van der Waals surface area contributed by atoms with Gasteiger partial charge in [-0.15, -0.1) is 0 Å². The summed E-state index contributed by atoms with van der Waals surface area (Å²) < 4.78 is 34.3. The van der Waals surface area contributed by atoms with E-state index in [1.807, 2.05) is 6.92 Å².